The summed E-state index contributed by atoms with van der Waals surface area (Å²) in [5.41, 5.74) is 3.01. The molecule has 3 rings (SSSR count). The maximum absolute atomic E-state index is 13.9. The summed E-state index contributed by atoms with van der Waals surface area (Å²) in [6.45, 7) is 1.78. The maximum atomic E-state index is 13.9. The highest BCUT2D eigenvalue weighted by Gasteiger charge is 2.14. The van der Waals surface area contributed by atoms with E-state index >= 15 is 0 Å². The first-order valence-electron chi connectivity index (χ1n) is 8.41. The smallest absolute Gasteiger partial charge is 0.257 e. The van der Waals surface area contributed by atoms with Gasteiger partial charge in [0, 0.05) is 30.5 Å². The number of aryl methyl sites for hydroxylation is 1. The quantitative estimate of drug-likeness (QED) is 0.497. The zero-order valence-electron chi connectivity index (χ0n) is 15.1. The van der Waals surface area contributed by atoms with Crippen LogP contribution in [0.3, 0.4) is 0 Å². The molecule has 1 heterocycles. The van der Waals surface area contributed by atoms with Crippen LogP contribution in [0.4, 0.5) is 4.39 Å². The molecule has 0 unspecified atom stereocenters. The maximum Gasteiger partial charge on any atom is 0.257 e. The second kappa shape index (κ2) is 8.19. The molecule has 0 aliphatic rings. The van der Waals surface area contributed by atoms with Crippen LogP contribution in [-0.4, -0.2) is 9.55 Å². The standard InChI is InChI=1S/C21H18FN3OS/c1-14-18(11-17-8-3-4-9-19(17)22)20(26)25(2)21(24-14)27-13-16-7-5-6-15(10-16)12-23/h3-10H,11,13H2,1-2H3. The third-order valence-electron chi connectivity index (χ3n) is 4.30. The van der Waals surface area contributed by atoms with Gasteiger partial charge in [-0.1, -0.05) is 42.1 Å². The molecule has 0 radical (unpaired) electrons. The van der Waals surface area contributed by atoms with Gasteiger partial charge in [-0.3, -0.25) is 9.36 Å². The van der Waals surface area contributed by atoms with Crippen LogP contribution in [0.25, 0.3) is 0 Å². The van der Waals surface area contributed by atoms with Crippen LogP contribution in [0.2, 0.25) is 0 Å². The monoisotopic (exact) mass is 379 g/mol. The van der Waals surface area contributed by atoms with Crippen molar-refractivity contribution in [3.05, 3.63) is 92.6 Å². The van der Waals surface area contributed by atoms with E-state index in [0.29, 0.717) is 33.3 Å². The molecule has 0 amide bonds. The van der Waals surface area contributed by atoms with E-state index in [4.69, 9.17) is 5.26 Å². The second-order valence-corrected chi connectivity index (χ2v) is 7.13. The summed E-state index contributed by atoms with van der Waals surface area (Å²) in [4.78, 5) is 17.3. The summed E-state index contributed by atoms with van der Waals surface area (Å²) < 4.78 is 15.4. The summed E-state index contributed by atoms with van der Waals surface area (Å²) in [6, 6.07) is 15.9. The molecular formula is C21H18FN3OS. The molecule has 0 aliphatic carbocycles. The number of thioether (sulfide) groups is 1. The zero-order chi connectivity index (χ0) is 19.4. The van der Waals surface area contributed by atoms with E-state index in [0.717, 1.165) is 5.56 Å². The number of nitriles is 1. The lowest BCUT2D eigenvalue weighted by atomic mass is 10.0. The van der Waals surface area contributed by atoms with E-state index in [-0.39, 0.29) is 17.8 Å². The fraction of sp³-hybridized carbons (Fsp3) is 0.190. The molecule has 0 spiro atoms. The fourth-order valence-corrected chi connectivity index (χ4v) is 3.73. The van der Waals surface area contributed by atoms with Gasteiger partial charge in [0.05, 0.1) is 11.6 Å². The van der Waals surface area contributed by atoms with Crippen molar-refractivity contribution in [3.8, 4) is 6.07 Å². The number of halogens is 1. The molecule has 4 nitrogen and oxygen atoms in total. The van der Waals surface area contributed by atoms with Crippen molar-refractivity contribution < 1.29 is 4.39 Å². The predicted octanol–water partition coefficient (Wildman–Crippen LogP) is 3.98. The van der Waals surface area contributed by atoms with Gasteiger partial charge in [-0.25, -0.2) is 9.37 Å². The molecule has 0 fully saturated rings. The lowest BCUT2D eigenvalue weighted by Crippen LogP contribution is -2.26. The average molecular weight is 379 g/mol. The van der Waals surface area contributed by atoms with Crippen molar-refractivity contribution >= 4 is 11.8 Å². The molecule has 0 saturated carbocycles. The normalized spacial score (nSPS) is 10.6. The van der Waals surface area contributed by atoms with E-state index in [1.165, 1.54) is 22.4 Å². The number of aromatic nitrogens is 2. The Kier molecular flexibility index (Phi) is 5.72. The van der Waals surface area contributed by atoms with E-state index in [2.05, 4.69) is 11.1 Å². The third kappa shape index (κ3) is 4.26. The summed E-state index contributed by atoms with van der Waals surface area (Å²) in [5.74, 6) is 0.275. The minimum atomic E-state index is -0.324. The Hall–Kier alpha value is -2.91. The number of rotatable bonds is 5. The largest absolute Gasteiger partial charge is 0.291 e. The molecule has 0 saturated heterocycles. The molecule has 0 aliphatic heterocycles. The highest BCUT2D eigenvalue weighted by molar-refractivity contribution is 7.98. The van der Waals surface area contributed by atoms with Crippen molar-refractivity contribution in [2.75, 3.05) is 0 Å². The summed E-state index contributed by atoms with van der Waals surface area (Å²) in [6.07, 6.45) is 0.216. The Balaban J connectivity index is 1.85. The molecule has 0 atom stereocenters. The summed E-state index contributed by atoms with van der Waals surface area (Å²) in [7, 11) is 1.67. The number of benzene rings is 2. The minimum absolute atomic E-state index is 0.168. The van der Waals surface area contributed by atoms with Crippen LogP contribution in [0, 0.1) is 24.1 Å². The molecule has 0 N–H and O–H groups in total. The van der Waals surface area contributed by atoms with Gasteiger partial charge in [0.1, 0.15) is 5.82 Å². The highest BCUT2D eigenvalue weighted by Crippen LogP contribution is 2.22. The third-order valence-corrected chi connectivity index (χ3v) is 5.40. The van der Waals surface area contributed by atoms with Gasteiger partial charge in [-0.15, -0.1) is 0 Å². The van der Waals surface area contributed by atoms with Gasteiger partial charge in [-0.2, -0.15) is 5.26 Å². The van der Waals surface area contributed by atoms with Crippen LogP contribution >= 0.6 is 11.8 Å². The fourth-order valence-electron chi connectivity index (χ4n) is 2.77. The van der Waals surface area contributed by atoms with Crippen molar-refractivity contribution in [2.24, 2.45) is 7.05 Å². The van der Waals surface area contributed by atoms with Gasteiger partial charge >= 0.3 is 0 Å². The molecule has 136 valence electrons. The molecule has 1 aromatic heterocycles. The Bertz CT molecular complexity index is 1090. The van der Waals surface area contributed by atoms with Crippen LogP contribution in [0.1, 0.15) is 27.9 Å². The SMILES string of the molecule is Cc1nc(SCc2cccc(C#N)c2)n(C)c(=O)c1Cc1ccccc1F. The van der Waals surface area contributed by atoms with E-state index in [1.54, 1.807) is 38.2 Å². The van der Waals surface area contributed by atoms with Gasteiger partial charge in [0.25, 0.3) is 5.56 Å². The lowest BCUT2D eigenvalue weighted by Gasteiger charge is -2.12. The predicted molar refractivity (Wildman–Crippen MR) is 104 cm³/mol. The first-order valence-corrected chi connectivity index (χ1v) is 9.40. The minimum Gasteiger partial charge on any atom is -0.291 e. The van der Waals surface area contributed by atoms with Crippen LogP contribution in [0.15, 0.2) is 58.5 Å². The van der Waals surface area contributed by atoms with Gasteiger partial charge in [0.15, 0.2) is 5.16 Å². The number of hydrogen-bond acceptors (Lipinski definition) is 4. The number of hydrogen-bond donors (Lipinski definition) is 0. The first-order chi connectivity index (χ1) is 13.0. The first kappa shape index (κ1) is 18.9. The average Bonchev–Trinajstić information content (AvgIpc) is 2.68. The molecule has 6 heteroatoms. The van der Waals surface area contributed by atoms with Crippen LogP contribution in [-0.2, 0) is 19.2 Å². The Morgan fingerprint density at radius 3 is 2.74 bits per heavy atom. The van der Waals surface area contributed by atoms with Crippen molar-refractivity contribution in [1.82, 2.24) is 9.55 Å². The highest BCUT2D eigenvalue weighted by atomic mass is 32.2. The topological polar surface area (TPSA) is 58.7 Å². The zero-order valence-corrected chi connectivity index (χ0v) is 15.9. The van der Waals surface area contributed by atoms with Crippen molar-refractivity contribution in [1.29, 1.82) is 5.26 Å². The van der Waals surface area contributed by atoms with E-state index in [1.807, 2.05) is 18.2 Å². The summed E-state index contributed by atoms with van der Waals surface area (Å²) >= 11 is 1.43. The van der Waals surface area contributed by atoms with E-state index < -0.39 is 0 Å². The molecule has 2 aromatic carbocycles. The van der Waals surface area contributed by atoms with Crippen molar-refractivity contribution in [3.63, 3.8) is 0 Å². The van der Waals surface area contributed by atoms with Crippen molar-refractivity contribution in [2.45, 2.75) is 24.3 Å². The second-order valence-electron chi connectivity index (χ2n) is 6.19. The molecular weight excluding hydrogens is 361 g/mol. The number of nitrogens with zero attached hydrogens (tertiary/aromatic N) is 3. The molecule has 0 bridgehead atoms. The van der Waals surface area contributed by atoms with E-state index in [9.17, 15) is 9.18 Å². The van der Waals surface area contributed by atoms with Gasteiger partial charge < -0.3 is 0 Å². The molecule has 27 heavy (non-hydrogen) atoms. The van der Waals surface area contributed by atoms with Crippen LogP contribution in [0.5, 0.6) is 0 Å². The van der Waals surface area contributed by atoms with Crippen LogP contribution < -0.4 is 5.56 Å². The van der Waals surface area contributed by atoms with Gasteiger partial charge in [0.2, 0.25) is 0 Å². The van der Waals surface area contributed by atoms with Gasteiger partial charge in [-0.05, 0) is 36.2 Å². The lowest BCUT2D eigenvalue weighted by molar-refractivity contribution is 0.611. The molecule has 3 aromatic rings. The Labute approximate surface area is 161 Å². The summed E-state index contributed by atoms with van der Waals surface area (Å²) in [5, 5.41) is 9.59. The Morgan fingerprint density at radius 2 is 2.00 bits per heavy atom. The Morgan fingerprint density at radius 1 is 1.22 bits per heavy atom.